The predicted octanol–water partition coefficient (Wildman–Crippen LogP) is 8.68. The second-order valence-corrected chi connectivity index (χ2v) is 15.0. The van der Waals surface area contributed by atoms with Crippen LogP contribution in [0.5, 0.6) is 0 Å². The molecular weight excluding hydrogens is 707 g/mol. The molecule has 3 atom stereocenters. The normalized spacial score (nSPS) is 16.9. The standard InChI is InChI=1S/C40H41ClF3N5O4/c1-22-10-35-36(11-23(22)2)48-38(47-35)37-21-52-29(20-49(37)39(51)53-40(3,4)5)7-8-30-26(17-46-19-34(30)44)13-28(50)15-31(25-12-27(42)18-45-16-25)24-6-9-32(41)33(43)14-24/h6,9-12,14,16-19,29,31,37H,7-8,13,15,20-21H2,1-5H3,(H,47,48)/t29-,31+,37+/m1/s1. The number of Topliss-reactive ketones (excluding diaryl/α,β-unsaturated/α-hetero) is 1. The highest BCUT2D eigenvalue weighted by atomic mass is 35.5. The van der Waals surface area contributed by atoms with Crippen molar-refractivity contribution in [2.24, 2.45) is 0 Å². The highest BCUT2D eigenvalue weighted by Crippen LogP contribution is 2.33. The number of carbonyl (C=O) groups excluding carboxylic acids is 2. The van der Waals surface area contributed by atoms with Crippen molar-refractivity contribution in [1.82, 2.24) is 24.8 Å². The number of aromatic nitrogens is 4. The molecule has 1 aliphatic rings. The van der Waals surface area contributed by atoms with Crippen LogP contribution in [0.25, 0.3) is 11.0 Å². The monoisotopic (exact) mass is 747 g/mol. The lowest BCUT2D eigenvalue weighted by atomic mass is 9.86. The fourth-order valence-electron chi connectivity index (χ4n) is 6.62. The Morgan fingerprint density at radius 3 is 2.49 bits per heavy atom. The minimum absolute atomic E-state index is 0.0852. The van der Waals surface area contributed by atoms with E-state index in [0.717, 1.165) is 34.6 Å². The molecule has 53 heavy (non-hydrogen) atoms. The number of pyridine rings is 2. The molecule has 4 heterocycles. The average molecular weight is 748 g/mol. The number of nitrogens with one attached hydrogen (secondary N) is 1. The molecule has 1 aliphatic heterocycles. The molecule has 0 saturated carbocycles. The van der Waals surface area contributed by atoms with Crippen molar-refractivity contribution in [1.29, 1.82) is 0 Å². The van der Waals surface area contributed by atoms with Crippen molar-refractivity contribution >= 4 is 34.5 Å². The summed E-state index contributed by atoms with van der Waals surface area (Å²) >= 11 is 5.90. The molecule has 6 rings (SSSR count). The van der Waals surface area contributed by atoms with E-state index >= 15 is 4.39 Å². The maximum Gasteiger partial charge on any atom is 0.411 e. The molecule has 13 heteroatoms. The van der Waals surface area contributed by atoms with Gasteiger partial charge in [0.2, 0.25) is 0 Å². The van der Waals surface area contributed by atoms with Gasteiger partial charge in [-0.2, -0.15) is 0 Å². The van der Waals surface area contributed by atoms with E-state index in [-0.39, 0.29) is 43.2 Å². The van der Waals surface area contributed by atoms with Gasteiger partial charge >= 0.3 is 6.09 Å². The Morgan fingerprint density at radius 1 is 1.00 bits per heavy atom. The second kappa shape index (κ2) is 15.7. The smallest absolute Gasteiger partial charge is 0.411 e. The summed E-state index contributed by atoms with van der Waals surface area (Å²) < 4.78 is 56.1. The number of hydrogen-bond donors (Lipinski definition) is 1. The molecule has 0 spiro atoms. The molecule has 2 aromatic carbocycles. The number of morpholine rings is 1. The van der Waals surface area contributed by atoms with E-state index in [1.54, 1.807) is 31.7 Å². The van der Waals surface area contributed by atoms with Gasteiger partial charge in [0.05, 0.1) is 47.7 Å². The number of H-pyrrole nitrogens is 1. The van der Waals surface area contributed by atoms with Crippen LogP contribution >= 0.6 is 11.6 Å². The third-order valence-electron chi connectivity index (χ3n) is 9.43. The van der Waals surface area contributed by atoms with Gasteiger partial charge in [-0.05, 0) is 111 Å². The predicted molar refractivity (Wildman–Crippen MR) is 194 cm³/mol. The Bertz CT molecular complexity index is 2110. The van der Waals surface area contributed by atoms with Crippen molar-refractivity contribution in [3.05, 3.63) is 123 Å². The molecule has 278 valence electrons. The molecule has 5 aromatic rings. The van der Waals surface area contributed by atoms with Crippen LogP contribution in [0.2, 0.25) is 5.02 Å². The summed E-state index contributed by atoms with van der Waals surface area (Å²) in [5.41, 5.74) is 4.59. The molecule has 1 amide bonds. The Labute approximate surface area is 310 Å². The van der Waals surface area contributed by atoms with Gasteiger partial charge in [-0.25, -0.2) is 22.9 Å². The number of benzene rings is 2. The lowest BCUT2D eigenvalue weighted by Crippen LogP contribution is -2.49. The number of aryl methyl sites for hydroxylation is 2. The van der Waals surface area contributed by atoms with Gasteiger partial charge in [-0.3, -0.25) is 19.7 Å². The number of amides is 1. The number of carbonyl (C=O) groups is 2. The maximum atomic E-state index is 15.4. The van der Waals surface area contributed by atoms with Crippen LogP contribution < -0.4 is 0 Å². The highest BCUT2D eigenvalue weighted by molar-refractivity contribution is 6.30. The van der Waals surface area contributed by atoms with Gasteiger partial charge < -0.3 is 14.5 Å². The van der Waals surface area contributed by atoms with E-state index in [1.165, 1.54) is 30.6 Å². The van der Waals surface area contributed by atoms with Gasteiger partial charge in [0.1, 0.15) is 40.7 Å². The molecule has 1 saturated heterocycles. The van der Waals surface area contributed by atoms with Crippen molar-refractivity contribution < 1.29 is 32.2 Å². The molecule has 0 bridgehead atoms. The second-order valence-electron chi connectivity index (χ2n) is 14.6. The van der Waals surface area contributed by atoms with E-state index in [4.69, 9.17) is 26.1 Å². The Balaban J connectivity index is 1.19. The van der Waals surface area contributed by atoms with Crippen LogP contribution in [0, 0.1) is 31.3 Å². The quantitative estimate of drug-likeness (QED) is 0.152. The van der Waals surface area contributed by atoms with E-state index in [0.29, 0.717) is 34.5 Å². The lowest BCUT2D eigenvalue weighted by Gasteiger charge is -2.39. The van der Waals surface area contributed by atoms with Gasteiger partial charge in [0.15, 0.2) is 0 Å². The summed E-state index contributed by atoms with van der Waals surface area (Å²) in [6.45, 7) is 9.72. The van der Waals surface area contributed by atoms with E-state index in [9.17, 15) is 18.4 Å². The molecule has 1 N–H and O–H groups in total. The largest absolute Gasteiger partial charge is 0.444 e. The number of ether oxygens (including phenoxy) is 2. The van der Waals surface area contributed by atoms with Crippen molar-refractivity contribution in [3.63, 3.8) is 0 Å². The number of rotatable bonds is 10. The van der Waals surface area contributed by atoms with Gasteiger partial charge in [0, 0.05) is 31.2 Å². The Kier molecular flexibility index (Phi) is 11.2. The number of fused-ring (bicyclic) bond motifs is 1. The minimum Gasteiger partial charge on any atom is -0.444 e. The van der Waals surface area contributed by atoms with Crippen molar-refractivity contribution in [3.8, 4) is 0 Å². The minimum atomic E-state index is -0.745. The number of imidazole rings is 1. The number of aromatic amines is 1. The van der Waals surface area contributed by atoms with Crippen molar-refractivity contribution in [2.45, 2.75) is 84.0 Å². The summed E-state index contributed by atoms with van der Waals surface area (Å²) in [6, 6.07) is 8.89. The van der Waals surface area contributed by atoms with Crippen LogP contribution in [0.1, 0.15) is 84.8 Å². The van der Waals surface area contributed by atoms with E-state index in [1.807, 2.05) is 26.0 Å². The Hall–Kier alpha value is -4.81. The first-order chi connectivity index (χ1) is 25.1. The van der Waals surface area contributed by atoms with E-state index < -0.39 is 47.2 Å². The van der Waals surface area contributed by atoms with Gasteiger partial charge in [0.25, 0.3) is 0 Å². The third-order valence-corrected chi connectivity index (χ3v) is 9.74. The van der Waals surface area contributed by atoms with Crippen LogP contribution in [-0.2, 0) is 27.1 Å². The summed E-state index contributed by atoms with van der Waals surface area (Å²) in [4.78, 5) is 44.8. The van der Waals surface area contributed by atoms with Crippen LogP contribution in [0.4, 0.5) is 18.0 Å². The first kappa shape index (κ1) is 37.9. The highest BCUT2D eigenvalue weighted by Gasteiger charge is 2.38. The van der Waals surface area contributed by atoms with Crippen LogP contribution in [0.3, 0.4) is 0 Å². The summed E-state index contributed by atoms with van der Waals surface area (Å²) in [5.74, 6) is -2.31. The summed E-state index contributed by atoms with van der Waals surface area (Å²) in [7, 11) is 0. The van der Waals surface area contributed by atoms with Crippen LogP contribution in [-0.4, -0.2) is 61.6 Å². The first-order valence-corrected chi connectivity index (χ1v) is 17.8. The number of hydrogen-bond acceptors (Lipinski definition) is 7. The molecule has 0 aliphatic carbocycles. The molecule has 3 aromatic heterocycles. The SMILES string of the molecule is Cc1cc2nc([C@@H]3CO[C@H](CCc4c(F)cncc4CC(=O)C[C@H](c4cncc(F)c4)c4ccc(Cl)c(F)c4)CN3C(=O)OC(C)(C)C)[nH]c2cc1C. The fourth-order valence-corrected chi connectivity index (χ4v) is 6.73. The van der Waals surface area contributed by atoms with Gasteiger partial charge in [-0.15, -0.1) is 0 Å². The zero-order chi connectivity index (χ0) is 38.0. The van der Waals surface area contributed by atoms with Crippen LogP contribution in [0.15, 0.2) is 61.2 Å². The topological polar surface area (TPSA) is 110 Å². The first-order valence-electron chi connectivity index (χ1n) is 17.4. The maximum absolute atomic E-state index is 15.4. The average Bonchev–Trinajstić information content (AvgIpc) is 3.49. The summed E-state index contributed by atoms with van der Waals surface area (Å²) in [6.07, 6.45) is 4.23. The number of ketones is 1. The van der Waals surface area contributed by atoms with Gasteiger partial charge in [-0.1, -0.05) is 17.7 Å². The molecule has 9 nitrogen and oxygen atoms in total. The fraction of sp³-hybridized carbons (Fsp3) is 0.375. The third kappa shape index (κ3) is 9.05. The summed E-state index contributed by atoms with van der Waals surface area (Å²) in [5, 5.41) is -0.0852. The number of nitrogens with zero attached hydrogens (tertiary/aromatic N) is 4. The zero-order valence-electron chi connectivity index (χ0n) is 30.2. The van der Waals surface area contributed by atoms with E-state index in [2.05, 4.69) is 15.0 Å². The molecule has 0 unspecified atom stereocenters. The molecule has 1 fully saturated rings. The molecular formula is C40H41ClF3N5O4. The lowest BCUT2D eigenvalue weighted by molar-refractivity contribution is -0.118. The molecule has 0 radical (unpaired) electrons. The van der Waals surface area contributed by atoms with Crippen molar-refractivity contribution in [2.75, 3.05) is 13.2 Å². The Morgan fingerprint density at radius 2 is 1.75 bits per heavy atom. The zero-order valence-corrected chi connectivity index (χ0v) is 30.9. The number of halogens is 4.